The third-order valence-electron chi connectivity index (χ3n) is 2.98. The average Bonchev–Trinajstić information content (AvgIpc) is 2.27. The fourth-order valence-corrected chi connectivity index (χ4v) is 2.62. The third kappa shape index (κ3) is 6.84. The number of aliphatic carboxylic acids is 1. The van der Waals surface area contributed by atoms with E-state index in [1.165, 1.54) is 0 Å². The Kier molecular flexibility index (Phi) is 6.16. The van der Waals surface area contributed by atoms with Gasteiger partial charge in [0.25, 0.3) is 0 Å². The number of hydrogen-bond acceptors (Lipinski definition) is 4. The summed E-state index contributed by atoms with van der Waals surface area (Å²) in [7, 11) is -3.93. The molecular weight excluding hydrogens is 271 g/mol. The highest BCUT2D eigenvalue weighted by Crippen LogP contribution is 2.35. The van der Waals surface area contributed by atoms with E-state index in [2.05, 4.69) is 11.9 Å². The van der Waals surface area contributed by atoms with Gasteiger partial charge in [-0.2, -0.15) is 0 Å². The first-order valence-electron chi connectivity index (χ1n) is 6.18. The lowest BCUT2D eigenvalue weighted by atomic mass is 10.1. The van der Waals surface area contributed by atoms with Crippen molar-refractivity contribution in [2.75, 3.05) is 32.3 Å². The zero-order valence-corrected chi connectivity index (χ0v) is 11.7. The second-order valence-electron chi connectivity index (χ2n) is 4.82. The molecular formula is C11H21N2O5P. The van der Waals surface area contributed by atoms with Crippen LogP contribution < -0.4 is 5.32 Å². The van der Waals surface area contributed by atoms with Crippen molar-refractivity contribution >= 4 is 13.6 Å². The van der Waals surface area contributed by atoms with Crippen LogP contribution in [0.2, 0.25) is 0 Å². The SMILES string of the molecule is C=C(CCCP(=O)(O)O)CN1CCN[C@@H](C(=O)O)C1. The predicted molar refractivity (Wildman–Crippen MR) is 71.2 cm³/mol. The Morgan fingerprint density at radius 3 is 2.74 bits per heavy atom. The summed E-state index contributed by atoms with van der Waals surface area (Å²) in [6.07, 6.45) is 0.815. The van der Waals surface area contributed by atoms with Crippen LogP contribution >= 0.6 is 7.60 Å². The number of carbonyl (C=O) groups is 1. The molecule has 1 heterocycles. The highest BCUT2D eigenvalue weighted by Gasteiger charge is 2.24. The molecule has 1 aliphatic rings. The topological polar surface area (TPSA) is 110 Å². The van der Waals surface area contributed by atoms with Crippen molar-refractivity contribution in [1.29, 1.82) is 0 Å². The molecule has 0 unspecified atom stereocenters. The molecule has 0 radical (unpaired) electrons. The Labute approximate surface area is 112 Å². The fourth-order valence-electron chi connectivity index (χ4n) is 2.05. The lowest BCUT2D eigenvalue weighted by molar-refractivity contribution is -0.140. The van der Waals surface area contributed by atoms with Gasteiger partial charge in [0.05, 0.1) is 6.16 Å². The predicted octanol–water partition coefficient (Wildman–Crippen LogP) is -0.141. The molecule has 1 rings (SSSR count). The maximum Gasteiger partial charge on any atom is 0.325 e. The summed E-state index contributed by atoms with van der Waals surface area (Å²) in [6.45, 7) is 6.24. The highest BCUT2D eigenvalue weighted by molar-refractivity contribution is 7.51. The molecule has 0 aromatic heterocycles. The first-order valence-corrected chi connectivity index (χ1v) is 7.97. The van der Waals surface area contributed by atoms with Crippen molar-refractivity contribution in [2.45, 2.75) is 18.9 Å². The molecule has 0 saturated carbocycles. The van der Waals surface area contributed by atoms with Gasteiger partial charge >= 0.3 is 13.6 Å². The van der Waals surface area contributed by atoms with Gasteiger partial charge in [-0.1, -0.05) is 12.2 Å². The van der Waals surface area contributed by atoms with E-state index in [4.69, 9.17) is 14.9 Å². The van der Waals surface area contributed by atoms with E-state index >= 15 is 0 Å². The number of carboxylic acid groups (broad SMARTS) is 1. The molecule has 0 spiro atoms. The Morgan fingerprint density at radius 1 is 1.47 bits per heavy atom. The van der Waals surface area contributed by atoms with E-state index in [1.54, 1.807) is 0 Å². The van der Waals surface area contributed by atoms with E-state index < -0.39 is 19.6 Å². The smallest absolute Gasteiger partial charge is 0.325 e. The van der Waals surface area contributed by atoms with Gasteiger partial charge in [0.2, 0.25) is 0 Å². The Hall–Kier alpha value is -0.720. The minimum absolute atomic E-state index is 0.134. The van der Waals surface area contributed by atoms with Gasteiger partial charge in [-0.25, -0.2) is 0 Å². The maximum atomic E-state index is 10.9. The van der Waals surface area contributed by atoms with Crippen LogP contribution in [0.15, 0.2) is 12.2 Å². The van der Waals surface area contributed by atoms with Crippen LogP contribution in [0.5, 0.6) is 0 Å². The standard InChI is InChI=1S/C11H21N2O5P/c1-9(3-2-6-19(16,17)18)7-13-5-4-12-10(8-13)11(14)15/h10,12H,1-8H2,(H,14,15)(H2,16,17,18)/t10-/m1/s1. The first kappa shape index (κ1) is 16.3. The van der Waals surface area contributed by atoms with Gasteiger partial charge < -0.3 is 20.2 Å². The number of nitrogens with one attached hydrogen (secondary N) is 1. The summed E-state index contributed by atoms with van der Waals surface area (Å²) in [5.41, 5.74) is 0.875. The Bertz CT molecular complexity index is 381. The zero-order valence-electron chi connectivity index (χ0n) is 10.8. The zero-order chi connectivity index (χ0) is 14.5. The van der Waals surface area contributed by atoms with Gasteiger partial charge in [0.15, 0.2) is 0 Å². The van der Waals surface area contributed by atoms with Crippen molar-refractivity contribution in [3.63, 3.8) is 0 Å². The van der Waals surface area contributed by atoms with Crippen molar-refractivity contribution in [1.82, 2.24) is 10.2 Å². The van der Waals surface area contributed by atoms with Crippen molar-refractivity contribution in [3.05, 3.63) is 12.2 Å². The summed E-state index contributed by atoms with van der Waals surface area (Å²) in [6, 6.07) is -0.559. The molecule has 0 aromatic carbocycles. The summed E-state index contributed by atoms with van der Waals surface area (Å²) in [4.78, 5) is 30.4. The quantitative estimate of drug-likeness (QED) is 0.382. The highest BCUT2D eigenvalue weighted by atomic mass is 31.2. The molecule has 1 fully saturated rings. The fraction of sp³-hybridized carbons (Fsp3) is 0.727. The van der Waals surface area contributed by atoms with Crippen LogP contribution in [-0.4, -0.2) is 64.1 Å². The van der Waals surface area contributed by atoms with E-state index in [0.29, 0.717) is 32.5 Å². The molecule has 0 amide bonds. The molecule has 8 heteroatoms. The lowest BCUT2D eigenvalue weighted by Gasteiger charge is -2.32. The van der Waals surface area contributed by atoms with Crippen LogP contribution in [0.4, 0.5) is 0 Å². The molecule has 19 heavy (non-hydrogen) atoms. The Morgan fingerprint density at radius 2 is 2.16 bits per heavy atom. The van der Waals surface area contributed by atoms with Gasteiger partial charge in [-0.15, -0.1) is 0 Å². The number of carboxylic acids is 1. The molecule has 1 saturated heterocycles. The summed E-state index contributed by atoms with van der Waals surface area (Å²) >= 11 is 0. The largest absolute Gasteiger partial charge is 0.480 e. The van der Waals surface area contributed by atoms with Crippen LogP contribution in [0.3, 0.4) is 0 Å². The normalized spacial score (nSPS) is 21.3. The molecule has 1 aliphatic heterocycles. The average molecular weight is 292 g/mol. The third-order valence-corrected chi connectivity index (χ3v) is 3.88. The van der Waals surface area contributed by atoms with Gasteiger partial charge in [-0.05, 0) is 12.8 Å². The van der Waals surface area contributed by atoms with Crippen LogP contribution in [0.25, 0.3) is 0 Å². The second-order valence-corrected chi connectivity index (χ2v) is 6.60. The van der Waals surface area contributed by atoms with Gasteiger partial charge in [0.1, 0.15) is 6.04 Å². The molecule has 7 nitrogen and oxygen atoms in total. The number of rotatable bonds is 7. The van der Waals surface area contributed by atoms with Crippen LogP contribution in [0.1, 0.15) is 12.8 Å². The molecule has 4 N–H and O–H groups in total. The maximum absolute atomic E-state index is 10.9. The molecule has 0 bridgehead atoms. The van der Waals surface area contributed by atoms with Gasteiger partial charge in [-0.3, -0.25) is 14.3 Å². The van der Waals surface area contributed by atoms with Crippen molar-refractivity contribution in [2.24, 2.45) is 0 Å². The number of nitrogens with zero attached hydrogens (tertiary/aromatic N) is 1. The van der Waals surface area contributed by atoms with Crippen molar-refractivity contribution in [3.8, 4) is 0 Å². The van der Waals surface area contributed by atoms with Crippen molar-refractivity contribution < 1.29 is 24.3 Å². The van der Waals surface area contributed by atoms with E-state index in [9.17, 15) is 9.36 Å². The molecule has 110 valence electrons. The summed E-state index contributed by atoms with van der Waals surface area (Å²) < 4.78 is 10.7. The molecule has 0 aliphatic carbocycles. The Balaban J connectivity index is 2.28. The monoisotopic (exact) mass is 292 g/mol. The van der Waals surface area contributed by atoms with E-state index in [-0.39, 0.29) is 6.16 Å². The minimum atomic E-state index is -3.93. The van der Waals surface area contributed by atoms with Crippen LogP contribution in [0, 0.1) is 0 Å². The summed E-state index contributed by atoms with van der Waals surface area (Å²) in [5.74, 6) is -0.864. The lowest BCUT2D eigenvalue weighted by Crippen LogP contribution is -2.54. The number of piperazine rings is 1. The minimum Gasteiger partial charge on any atom is -0.480 e. The van der Waals surface area contributed by atoms with E-state index in [0.717, 1.165) is 12.1 Å². The van der Waals surface area contributed by atoms with E-state index in [1.807, 2.05) is 4.90 Å². The molecule has 1 atom stereocenters. The van der Waals surface area contributed by atoms with Crippen LogP contribution in [-0.2, 0) is 9.36 Å². The van der Waals surface area contributed by atoms with Gasteiger partial charge in [0, 0.05) is 26.2 Å². The second kappa shape index (κ2) is 7.17. The summed E-state index contributed by atoms with van der Waals surface area (Å²) in [5, 5.41) is 11.8. The molecule has 0 aromatic rings. The number of hydrogen-bond donors (Lipinski definition) is 4. The first-order chi connectivity index (χ1) is 8.78.